The van der Waals surface area contributed by atoms with Gasteiger partial charge in [0, 0.05) is 5.56 Å². The molecule has 6 heteroatoms. The molecule has 0 atom stereocenters. The monoisotopic (exact) mass is 390 g/mol. The summed E-state index contributed by atoms with van der Waals surface area (Å²) in [7, 11) is 0. The number of thiazole rings is 1. The number of rotatable bonds is 4. The highest BCUT2D eigenvalue weighted by atomic mass is 32.1. The van der Waals surface area contributed by atoms with Gasteiger partial charge in [0.2, 0.25) is 0 Å². The van der Waals surface area contributed by atoms with Crippen LogP contribution >= 0.6 is 11.3 Å². The van der Waals surface area contributed by atoms with Gasteiger partial charge in [0.1, 0.15) is 5.82 Å². The summed E-state index contributed by atoms with van der Waals surface area (Å²) in [6.45, 7) is 1.48. The van der Waals surface area contributed by atoms with Crippen LogP contribution in [-0.2, 0) is 0 Å². The SMILES string of the molecule is CC(=O)c1ccc(N(C(=O)c2ccccc2F)c2nc3ccccc3s2)cc1. The van der Waals surface area contributed by atoms with Gasteiger partial charge in [-0.05, 0) is 55.5 Å². The van der Waals surface area contributed by atoms with Crippen LogP contribution < -0.4 is 4.90 Å². The number of carbonyl (C=O) groups is 2. The molecule has 1 aromatic heterocycles. The Hall–Kier alpha value is -3.38. The van der Waals surface area contributed by atoms with E-state index in [1.807, 2.05) is 24.3 Å². The second-order valence-corrected chi connectivity index (χ2v) is 7.20. The first-order valence-electron chi connectivity index (χ1n) is 8.60. The summed E-state index contributed by atoms with van der Waals surface area (Å²) >= 11 is 1.34. The molecule has 28 heavy (non-hydrogen) atoms. The molecule has 0 bridgehead atoms. The number of halogens is 1. The molecule has 4 nitrogen and oxygen atoms in total. The van der Waals surface area contributed by atoms with Crippen molar-refractivity contribution >= 4 is 44.1 Å². The van der Waals surface area contributed by atoms with Gasteiger partial charge in [-0.2, -0.15) is 0 Å². The van der Waals surface area contributed by atoms with Crippen LogP contribution in [0, 0.1) is 5.82 Å². The Labute approximate surface area is 164 Å². The Balaban J connectivity index is 1.86. The molecule has 0 aliphatic heterocycles. The smallest absolute Gasteiger partial charge is 0.267 e. The molecule has 0 saturated carbocycles. The third kappa shape index (κ3) is 3.30. The summed E-state index contributed by atoms with van der Waals surface area (Å²) in [5, 5.41) is 0.435. The van der Waals surface area contributed by atoms with Crippen LogP contribution in [0.3, 0.4) is 0 Å². The van der Waals surface area contributed by atoms with Gasteiger partial charge in [-0.3, -0.25) is 14.5 Å². The van der Waals surface area contributed by atoms with E-state index in [4.69, 9.17) is 0 Å². The summed E-state index contributed by atoms with van der Waals surface area (Å²) in [6.07, 6.45) is 0. The van der Waals surface area contributed by atoms with Crippen molar-refractivity contribution in [1.29, 1.82) is 0 Å². The molecule has 0 N–H and O–H groups in total. The Morgan fingerprint density at radius 1 is 0.929 bits per heavy atom. The number of hydrogen-bond donors (Lipinski definition) is 0. The van der Waals surface area contributed by atoms with E-state index in [2.05, 4.69) is 4.98 Å². The Morgan fingerprint density at radius 2 is 1.61 bits per heavy atom. The lowest BCUT2D eigenvalue weighted by Crippen LogP contribution is -2.26. The van der Waals surface area contributed by atoms with E-state index in [1.54, 1.807) is 30.3 Å². The van der Waals surface area contributed by atoms with Gasteiger partial charge in [0.25, 0.3) is 5.91 Å². The van der Waals surface area contributed by atoms with Crippen molar-refractivity contribution in [3.63, 3.8) is 0 Å². The van der Waals surface area contributed by atoms with Crippen molar-refractivity contribution < 1.29 is 14.0 Å². The average molecular weight is 390 g/mol. The molecular weight excluding hydrogens is 375 g/mol. The maximum absolute atomic E-state index is 14.3. The largest absolute Gasteiger partial charge is 0.295 e. The van der Waals surface area contributed by atoms with Crippen LogP contribution in [0.2, 0.25) is 0 Å². The molecule has 0 saturated heterocycles. The lowest BCUT2D eigenvalue weighted by Gasteiger charge is -2.20. The van der Waals surface area contributed by atoms with E-state index in [9.17, 15) is 14.0 Å². The molecule has 3 aromatic carbocycles. The summed E-state index contributed by atoms with van der Waals surface area (Å²) in [5.41, 5.74) is 1.76. The first-order valence-corrected chi connectivity index (χ1v) is 9.42. The first kappa shape index (κ1) is 18.0. The van der Waals surface area contributed by atoms with Crippen LogP contribution in [0.4, 0.5) is 15.2 Å². The lowest BCUT2D eigenvalue weighted by molar-refractivity contribution is 0.0993. The summed E-state index contributed by atoms with van der Waals surface area (Å²) in [4.78, 5) is 30.8. The van der Waals surface area contributed by atoms with Crippen LogP contribution in [-0.4, -0.2) is 16.7 Å². The number of para-hydroxylation sites is 1. The molecule has 0 fully saturated rings. The minimum atomic E-state index is -0.598. The number of Topliss-reactive ketones (excluding diaryl/α,β-unsaturated/α-hetero) is 1. The maximum Gasteiger partial charge on any atom is 0.267 e. The van der Waals surface area contributed by atoms with E-state index in [0.717, 1.165) is 10.2 Å². The molecule has 0 aliphatic rings. The van der Waals surface area contributed by atoms with Crippen molar-refractivity contribution in [2.75, 3.05) is 4.90 Å². The second kappa shape index (κ2) is 7.32. The fourth-order valence-corrected chi connectivity index (χ4v) is 3.86. The van der Waals surface area contributed by atoms with Gasteiger partial charge in [-0.15, -0.1) is 0 Å². The minimum absolute atomic E-state index is 0.0441. The Kier molecular flexibility index (Phi) is 4.71. The van der Waals surface area contributed by atoms with Gasteiger partial charge in [-0.1, -0.05) is 35.6 Å². The Morgan fingerprint density at radius 3 is 2.29 bits per heavy atom. The number of nitrogens with zero attached hydrogens (tertiary/aromatic N) is 2. The minimum Gasteiger partial charge on any atom is -0.295 e. The van der Waals surface area contributed by atoms with Crippen molar-refractivity contribution in [1.82, 2.24) is 4.98 Å². The summed E-state index contributed by atoms with van der Waals surface area (Å²) in [5.74, 6) is -1.19. The highest BCUT2D eigenvalue weighted by Gasteiger charge is 2.25. The van der Waals surface area contributed by atoms with Gasteiger partial charge in [0.05, 0.1) is 21.5 Å². The molecular formula is C22H15FN2O2S. The van der Waals surface area contributed by atoms with Crippen molar-refractivity contribution in [3.8, 4) is 0 Å². The van der Waals surface area contributed by atoms with Gasteiger partial charge in [-0.25, -0.2) is 9.37 Å². The lowest BCUT2D eigenvalue weighted by atomic mass is 10.1. The number of aromatic nitrogens is 1. The van der Waals surface area contributed by atoms with Crippen molar-refractivity contribution in [2.24, 2.45) is 0 Å². The van der Waals surface area contributed by atoms with Crippen LogP contribution in [0.5, 0.6) is 0 Å². The van der Waals surface area contributed by atoms with Crippen molar-refractivity contribution in [3.05, 3.63) is 89.7 Å². The van der Waals surface area contributed by atoms with Gasteiger partial charge < -0.3 is 0 Å². The molecule has 4 rings (SSSR count). The van der Waals surface area contributed by atoms with Gasteiger partial charge in [0.15, 0.2) is 10.9 Å². The van der Waals surface area contributed by atoms with Crippen molar-refractivity contribution in [2.45, 2.75) is 6.92 Å². The predicted molar refractivity (Wildman–Crippen MR) is 109 cm³/mol. The standard InChI is InChI=1S/C22H15FN2O2S/c1-14(26)15-10-12-16(13-11-15)25(21(27)17-6-2-3-7-18(17)23)22-24-19-8-4-5-9-20(19)28-22/h2-13H,1H3. The van der Waals surface area contributed by atoms with Crippen LogP contribution in [0.15, 0.2) is 72.8 Å². The van der Waals surface area contributed by atoms with Crippen LogP contribution in [0.1, 0.15) is 27.6 Å². The molecule has 1 amide bonds. The third-order valence-electron chi connectivity index (χ3n) is 4.31. The zero-order chi connectivity index (χ0) is 19.7. The molecule has 0 spiro atoms. The number of carbonyl (C=O) groups excluding carboxylic acids is 2. The Bertz CT molecular complexity index is 1150. The highest BCUT2D eigenvalue weighted by Crippen LogP contribution is 2.35. The summed E-state index contributed by atoms with van der Waals surface area (Å²) < 4.78 is 15.2. The second-order valence-electron chi connectivity index (χ2n) is 6.19. The number of hydrogen-bond acceptors (Lipinski definition) is 4. The number of ketones is 1. The van der Waals surface area contributed by atoms with E-state index >= 15 is 0 Å². The number of amides is 1. The first-order chi connectivity index (χ1) is 13.5. The van der Waals surface area contributed by atoms with E-state index in [0.29, 0.717) is 16.4 Å². The zero-order valence-electron chi connectivity index (χ0n) is 14.9. The average Bonchev–Trinajstić information content (AvgIpc) is 3.12. The molecule has 138 valence electrons. The highest BCUT2D eigenvalue weighted by molar-refractivity contribution is 7.22. The van der Waals surface area contributed by atoms with Crippen LogP contribution in [0.25, 0.3) is 10.2 Å². The fraction of sp³-hybridized carbons (Fsp3) is 0.0455. The molecule has 0 radical (unpaired) electrons. The predicted octanol–water partition coefficient (Wildman–Crippen LogP) is 5.62. The van der Waals surface area contributed by atoms with E-state index < -0.39 is 11.7 Å². The summed E-state index contributed by atoms with van der Waals surface area (Å²) in [6, 6.07) is 20.0. The maximum atomic E-state index is 14.3. The fourth-order valence-electron chi connectivity index (χ4n) is 2.87. The quantitative estimate of drug-likeness (QED) is 0.425. The van der Waals surface area contributed by atoms with E-state index in [1.165, 1.54) is 41.4 Å². The molecule has 0 unspecified atom stereocenters. The molecule has 0 aliphatic carbocycles. The number of fused-ring (bicyclic) bond motifs is 1. The van der Waals surface area contributed by atoms with Gasteiger partial charge >= 0.3 is 0 Å². The number of benzene rings is 3. The third-order valence-corrected chi connectivity index (χ3v) is 5.33. The molecule has 4 aromatic rings. The topological polar surface area (TPSA) is 50.3 Å². The van der Waals surface area contributed by atoms with E-state index in [-0.39, 0.29) is 11.3 Å². The molecule has 1 heterocycles. The zero-order valence-corrected chi connectivity index (χ0v) is 15.7. The normalized spacial score (nSPS) is 10.8. The number of anilines is 2.